The van der Waals surface area contributed by atoms with Gasteiger partial charge in [-0.25, -0.2) is 0 Å². The first kappa shape index (κ1) is 14.2. The Morgan fingerprint density at radius 3 is 2.74 bits per heavy atom. The van der Waals surface area contributed by atoms with Crippen molar-refractivity contribution in [3.63, 3.8) is 0 Å². The van der Waals surface area contributed by atoms with Crippen molar-refractivity contribution in [1.82, 2.24) is 4.98 Å². The number of methoxy groups -OCH3 is 2. The van der Waals surface area contributed by atoms with Crippen molar-refractivity contribution >= 4 is 10.9 Å². The van der Waals surface area contributed by atoms with E-state index >= 15 is 0 Å². The van der Waals surface area contributed by atoms with E-state index in [4.69, 9.17) is 9.47 Å². The lowest BCUT2D eigenvalue weighted by molar-refractivity contribution is -0.690. The van der Waals surface area contributed by atoms with Gasteiger partial charge in [0.1, 0.15) is 0 Å². The molecular formula is C19H21N2O2+. The van der Waals surface area contributed by atoms with E-state index in [1.807, 2.05) is 12.1 Å². The summed E-state index contributed by atoms with van der Waals surface area (Å²) >= 11 is 0. The van der Waals surface area contributed by atoms with Crippen LogP contribution in [0.25, 0.3) is 10.9 Å². The second-order valence-corrected chi connectivity index (χ2v) is 5.90. The fourth-order valence-corrected chi connectivity index (χ4v) is 3.71. The number of benzene rings is 2. The van der Waals surface area contributed by atoms with Gasteiger partial charge in [-0.3, -0.25) is 0 Å². The number of ether oxygens (including phenoxy) is 2. The second kappa shape index (κ2) is 5.63. The molecule has 0 aliphatic carbocycles. The molecule has 4 nitrogen and oxygen atoms in total. The van der Waals surface area contributed by atoms with Gasteiger partial charge < -0.3 is 19.8 Å². The molecule has 3 aromatic rings. The molecule has 118 valence electrons. The number of H-pyrrole nitrogens is 1. The lowest BCUT2D eigenvalue weighted by atomic mass is 9.93. The van der Waals surface area contributed by atoms with Crippen LogP contribution in [0.4, 0.5) is 0 Å². The molecule has 4 rings (SSSR count). The molecule has 0 amide bonds. The highest BCUT2D eigenvalue weighted by atomic mass is 16.5. The molecule has 1 atom stereocenters. The smallest absolute Gasteiger partial charge is 0.170 e. The van der Waals surface area contributed by atoms with Crippen LogP contribution in [0.3, 0.4) is 0 Å². The summed E-state index contributed by atoms with van der Waals surface area (Å²) in [5, 5.41) is 3.71. The van der Waals surface area contributed by atoms with Crippen LogP contribution in [0.1, 0.15) is 22.9 Å². The third-order valence-corrected chi connectivity index (χ3v) is 4.72. The predicted molar refractivity (Wildman–Crippen MR) is 90.2 cm³/mol. The minimum Gasteiger partial charge on any atom is -0.493 e. The third kappa shape index (κ3) is 2.18. The lowest BCUT2D eigenvalue weighted by Gasteiger charge is -2.23. The minimum absolute atomic E-state index is 0.205. The first-order valence-electron chi connectivity index (χ1n) is 7.97. The fourth-order valence-electron chi connectivity index (χ4n) is 3.71. The van der Waals surface area contributed by atoms with Crippen LogP contribution in [0.5, 0.6) is 11.5 Å². The van der Waals surface area contributed by atoms with Crippen LogP contribution in [-0.2, 0) is 6.42 Å². The van der Waals surface area contributed by atoms with E-state index in [2.05, 4.69) is 40.6 Å². The van der Waals surface area contributed by atoms with Crippen molar-refractivity contribution in [1.29, 1.82) is 0 Å². The minimum atomic E-state index is 0.205. The molecule has 0 bridgehead atoms. The van der Waals surface area contributed by atoms with E-state index in [-0.39, 0.29) is 6.04 Å². The Bertz CT molecular complexity index is 854. The van der Waals surface area contributed by atoms with Gasteiger partial charge in [-0.1, -0.05) is 24.3 Å². The molecule has 0 spiro atoms. The summed E-state index contributed by atoms with van der Waals surface area (Å²) in [5.74, 6) is 1.60. The van der Waals surface area contributed by atoms with Crippen molar-refractivity contribution in [2.24, 2.45) is 0 Å². The van der Waals surface area contributed by atoms with E-state index in [9.17, 15) is 0 Å². The van der Waals surface area contributed by atoms with Gasteiger partial charge in [0.15, 0.2) is 17.5 Å². The van der Waals surface area contributed by atoms with Crippen molar-refractivity contribution < 1.29 is 14.8 Å². The van der Waals surface area contributed by atoms with E-state index in [1.165, 1.54) is 22.2 Å². The van der Waals surface area contributed by atoms with Gasteiger partial charge in [-0.05, 0) is 23.8 Å². The summed E-state index contributed by atoms with van der Waals surface area (Å²) in [7, 11) is 3.39. The van der Waals surface area contributed by atoms with Gasteiger partial charge >= 0.3 is 0 Å². The monoisotopic (exact) mass is 309 g/mol. The average Bonchev–Trinajstić information content (AvgIpc) is 2.99. The van der Waals surface area contributed by atoms with Crippen molar-refractivity contribution in [2.45, 2.75) is 12.5 Å². The first-order valence-corrected chi connectivity index (χ1v) is 7.97. The van der Waals surface area contributed by atoms with E-state index in [1.54, 1.807) is 14.2 Å². The summed E-state index contributed by atoms with van der Waals surface area (Å²) in [4.78, 5) is 3.63. The number of rotatable bonds is 3. The SMILES string of the molecule is COc1cccc([C@@H]2[NH2+]CCc3c2[nH]c2ccccc32)c1OC. The van der Waals surface area contributed by atoms with Gasteiger partial charge in [0.25, 0.3) is 0 Å². The number of quaternary nitrogens is 1. The van der Waals surface area contributed by atoms with Crippen LogP contribution in [0.2, 0.25) is 0 Å². The maximum atomic E-state index is 5.65. The molecule has 3 N–H and O–H groups in total. The lowest BCUT2D eigenvalue weighted by Crippen LogP contribution is -2.87. The molecule has 23 heavy (non-hydrogen) atoms. The number of hydrogen-bond acceptors (Lipinski definition) is 2. The molecule has 1 aromatic heterocycles. The third-order valence-electron chi connectivity index (χ3n) is 4.72. The molecule has 2 heterocycles. The van der Waals surface area contributed by atoms with Gasteiger partial charge in [0.2, 0.25) is 0 Å². The van der Waals surface area contributed by atoms with Crippen LogP contribution < -0.4 is 14.8 Å². The number of aromatic nitrogens is 1. The zero-order valence-electron chi connectivity index (χ0n) is 13.4. The molecule has 1 aliphatic rings. The fraction of sp³-hybridized carbons (Fsp3) is 0.263. The Hall–Kier alpha value is -2.46. The summed E-state index contributed by atoms with van der Waals surface area (Å²) in [6.07, 6.45) is 1.09. The van der Waals surface area contributed by atoms with Crippen LogP contribution >= 0.6 is 0 Å². The average molecular weight is 309 g/mol. The molecule has 0 unspecified atom stereocenters. The van der Waals surface area contributed by atoms with Gasteiger partial charge in [-0.15, -0.1) is 0 Å². The van der Waals surface area contributed by atoms with Crippen LogP contribution in [0.15, 0.2) is 42.5 Å². The Morgan fingerprint density at radius 1 is 1.04 bits per heavy atom. The van der Waals surface area contributed by atoms with E-state index in [0.717, 1.165) is 30.0 Å². The summed E-state index contributed by atoms with van der Waals surface area (Å²) < 4.78 is 11.1. The van der Waals surface area contributed by atoms with Gasteiger partial charge in [0.05, 0.1) is 32.0 Å². The van der Waals surface area contributed by atoms with Crippen molar-refractivity contribution in [3.8, 4) is 11.5 Å². The highest BCUT2D eigenvalue weighted by molar-refractivity contribution is 5.85. The molecule has 0 saturated heterocycles. The number of nitrogens with one attached hydrogen (secondary N) is 1. The summed E-state index contributed by atoms with van der Waals surface area (Å²) in [6, 6.07) is 14.8. The van der Waals surface area contributed by atoms with E-state index in [0.29, 0.717) is 0 Å². The Morgan fingerprint density at radius 2 is 1.91 bits per heavy atom. The number of fused-ring (bicyclic) bond motifs is 3. The standard InChI is InChI=1S/C19H20N2O2/c1-22-16-9-5-7-14(19(16)23-2)17-18-13(10-11-20-17)12-6-3-4-8-15(12)21-18/h3-9,17,20-21H,10-11H2,1-2H3/p+1/t17-/m0/s1. The first-order chi connectivity index (χ1) is 11.3. The molecular weight excluding hydrogens is 288 g/mol. The second-order valence-electron chi connectivity index (χ2n) is 5.90. The zero-order valence-corrected chi connectivity index (χ0v) is 13.4. The largest absolute Gasteiger partial charge is 0.493 e. The summed E-state index contributed by atoms with van der Waals surface area (Å²) in [6.45, 7) is 1.07. The highest BCUT2D eigenvalue weighted by Crippen LogP contribution is 2.38. The van der Waals surface area contributed by atoms with Crippen molar-refractivity contribution in [2.75, 3.05) is 20.8 Å². The topological polar surface area (TPSA) is 50.9 Å². The molecule has 1 aliphatic heterocycles. The Balaban J connectivity index is 1.90. The quantitative estimate of drug-likeness (QED) is 0.780. The maximum Gasteiger partial charge on any atom is 0.170 e. The number of nitrogens with two attached hydrogens (primary N) is 1. The van der Waals surface area contributed by atoms with E-state index < -0.39 is 0 Å². The molecule has 2 aromatic carbocycles. The number of para-hydroxylation sites is 2. The predicted octanol–water partition coefficient (Wildman–Crippen LogP) is 2.39. The Labute approximate surface area is 135 Å². The molecule has 0 radical (unpaired) electrons. The van der Waals surface area contributed by atoms with Crippen LogP contribution in [0, 0.1) is 0 Å². The van der Waals surface area contributed by atoms with Crippen molar-refractivity contribution in [3.05, 3.63) is 59.3 Å². The molecule has 0 saturated carbocycles. The normalized spacial score (nSPS) is 17.0. The zero-order chi connectivity index (χ0) is 15.8. The van der Waals surface area contributed by atoms with Gasteiger partial charge in [-0.2, -0.15) is 0 Å². The number of aromatic amines is 1. The van der Waals surface area contributed by atoms with Gasteiger partial charge in [0, 0.05) is 17.3 Å². The van der Waals surface area contributed by atoms with Crippen LogP contribution in [-0.4, -0.2) is 25.7 Å². The summed E-state index contributed by atoms with van der Waals surface area (Å²) in [5.41, 5.74) is 5.07. The number of hydrogen-bond donors (Lipinski definition) is 2. The Kier molecular flexibility index (Phi) is 3.46. The maximum absolute atomic E-state index is 5.65. The highest BCUT2D eigenvalue weighted by Gasteiger charge is 2.31. The molecule has 4 heteroatoms. The molecule has 0 fully saturated rings.